The van der Waals surface area contributed by atoms with E-state index >= 15 is 0 Å². The second-order valence-electron chi connectivity index (χ2n) is 7.16. The predicted molar refractivity (Wildman–Crippen MR) is 118 cm³/mol. The van der Waals surface area contributed by atoms with E-state index in [0.717, 1.165) is 11.3 Å². The van der Waals surface area contributed by atoms with Crippen LogP contribution in [0.4, 0.5) is 5.82 Å². The van der Waals surface area contributed by atoms with Gasteiger partial charge in [-0.15, -0.1) is 22.6 Å². The summed E-state index contributed by atoms with van der Waals surface area (Å²) >= 11 is 0. The van der Waals surface area contributed by atoms with Crippen LogP contribution in [0.25, 0.3) is 0 Å². The van der Waals surface area contributed by atoms with Crippen LogP contribution in [0.2, 0.25) is 0 Å². The molecule has 0 aliphatic rings. The molecule has 168 valence electrons. The van der Waals surface area contributed by atoms with Crippen molar-refractivity contribution in [3.63, 3.8) is 0 Å². The molecule has 2 rings (SSSR count). The highest BCUT2D eigenvalue weighted by molar-refractivity contribution is 5.85. The molecule has 9 nitrogen and oxygen atoms in total. The number of rotatable bonds is 13. The number of hydrogen-bond acceptors (Lipinski definition) is 9. The zero-order chi connectivity index (χ0) is 21.1. The van der Waals surface area contributed by atoms with E-state index in [2.05, 4.69) is 20.9 Å². The van der Waals surface area contributed by atoms with Gasteiger partial charge in [0.2, 0.25) is 5.88 Å². The Bertz CT molecular complexity index is 733. The van der Waals surface area contributed by atoms with E-state index in [9.17, 15) is 5.11 Å². The molecule has 1 heterocycles. The minimum Gasteiger partial charge on any atom is -0.490 e. The summed E-state index contributed by atoms with van der Waals surface area (Å²) in [7, 11) is 0. The molecule has 0 amide bonds. The summed E-state index contributed by atoms with van der Waals surface area (Å²) < 4.78 is 16.9. The smallest absolute Gasteiger partial charge is 0.233 e. The lowest BCUT2D eigenvalue weighted by atomic mass is 10.1. The number of nitrogens with zero attached hydrogens (tertiary/aromatic N) is 2. The van der Waals surface area contributed by atoms with Crippen molar-refractivity contribution in [1.82, 2.24) is 15.5 Å². The minimum absolute atomic E-state index is 0. The number of para-hydroxylation sites is 1. The Kier molecular flexibility index (Phi) is 11.4. The molecule has 0 saturated heterocycles. The van der Waals surface area contributed by atoms with Crippen molar-refractivity contribution in [1.29, 1.82) is 0 Å². The third-order valence-corrected chi connectivity index (χ3v) is 4.05. The highest BCUT2D eigenvalue weighted by Gasteiger charge is 2.20. The Labute approximate surface area is 183 Å². The van der Waals surface area contributed by atoms with Crippen LogP contribution in [0.5, 0.6) is 11.6 Å². The van der Waals surface area contributed by atoms with Crippen molar-refractivity contribution in [2.75, 3.05) is 31.8 Å². The van der Waals surface area contributed by atoms with Crippen LogP contribution < -0.4 is 26.1 Å². The molecule has 30 heavy (non-hydrogen) atoms. The fourth-order valence-electron chi connectivity index (χ4n) is 2.39. The number of hydrogen-bond donors (Lipinski definition) is 4. The first-order valence-corrected chi connectivity index (χ1v) is 9.58. The molecular formula is C20H32ClN5O4. The molecule has 0 fully saturated rings. The van der Waals surface area contributed by atoms with E-state index in [-0.39, 0.29) is 24.6 Å². The molecule has 0 spiro atoms. The van der Waals surface area contributed by atoms with Gasteiger partial charge in [-0.2, -0.15) is 0 Å². The summed E-state index contributed by atoms with van der Waals surface area (Å²) in [5.74, 6) is 6.83. The zero-order valence-corrected chi connectivity index (χ0v) is 18.4. The lowest BCUT2D eigenvalue weighted by molar-refractivity contribution is 0.0888. The van der Waals surface area contributed by atoms with E-state index < -0.39 is 6.10 Å². The third-order valence-electron chi connectivity index (χ3n) is 4.05. The van der Waals surface area contributed by atoms with Crippen LogP contribution >= 0.6 is 12.4 Å². The number of ether oxygens (including phenoxy) is 3. The summed E-state index contributed by atoms with van der Waals surface area (Å²) in [6, 6.07) is 11.0. The molecule has 0 radical (unpaired) electrons. The molecule has 0 saturated carbocycles. The predicted octanol–water partition coefficient (Wildman–Crippen LogP) is 1.91. The number of aliphatic hydroxyl groups is 1. The minimum atomic E-state index is -0.677. The molecule has 0 aliphatic heterocycles. The van der Waals surface area contributed by atoms with Crippen molar-refractivity contribution in [2.24, 2.45) is 5.84 Å². The maximum absolute atomic E-state index is 10.3. The van der Waals surface area contributed by atoms with Crippen molar-refractivity contribution in [3.8, 4) is 11.6 Å². The quantitative estimate of drug-likeness (QED) is 0.272. The van der Waals surface area contributed by atoms with Gasteiger partial charge in [-0.05, 0) is 32.9 Å². The Morgan fingerprint density at radius 2 is 1.90 bits per heavy atom. The largest absolute Gasteiger partial charge is 0.490 e. The number of aliphatic hydroxyl groups excluding tert-OH is 1. The number of anilines is 1. The van der Waals surface area contributed by atoms with E-state index in [4.69, 9.17) is 20.1 Å². The van der Waals surface area contributed by atoms with E-state index in [1.807, 2.05) is 45.0 Å². The molecule has 1 aromatic carbocycles. The lowest BCUT2D eigenvalue weighted by Crippen LogP contribution is -2.48. The second kappa shape index (κ2) is 13.2. The van der Waals surface area contributed by atoms with Crippen LogP contribution in [-0.2, 0) is 11.3 Å². The van der Waals surface area contributed by atoms with Crippen LogP contribution in [0.1, 0.15) is 26.3 Å². The number of β-amino-alcohol motifs (C(OH)–C–C–N with tert-alkyl or cyclic N) is 1. The lowest BCUT2D eigenvalue weighted by Gasteiger charge is -2.27. The van der Waals surface area contributed by atoms with Gasteiger partial charge in [0.05, 0.1) is 6.61 Å². The molecule has 0 aliphatic carbocycles. The van der Waals surface area contributed by atoms with Crippen molar-refractivity contribution >= 4 is 18.2 Å². The van der Waals surface area contributed by atoms with Crippen molar-refractivity contribution < 1.29 is 19.3 Å². The first-order chi connectivity index (χ1) is 13.9. The van der Waals surface area contributed by atoms with Crippen LogP contribution in [0.3, 0.4) is 0 Å². The van der Waals surface area contributed by atoms with Gasteiger partial charge in [0.25, 0.3) is 0 Å². The Balaban J connectivity index is 0.00000450. The summed E-state index contributed by atoms with van der Waals surface area (Å²) in [5.41, 5.74) is 2.98. The summed E-state index contributed by atoms with van der Waals surface area (Å²) in [6.07, 6.45) is -0.677. The Morgan fingerprint density at radius 1 is 1.13 bits per heavy atom. The number of nitrogens with two attached hydrogens (primary N) is 1. The van der Waals surface area contributed by atoms with Crippen LogP contribution in [-0.4, -0.2) is 53.3 Å². The van der Waals surface area contributed by atoms with Gasteiger partial charge < -0.3 is 30.1 Å². The molecule has 1 aromatic heterocycles. The van der Waals surface area contributed by atoms with Gasteiger partial charge in [0.15, 0.2) is 5.82 Å². The van der Waals surface area contributed by atoms with Gasteiger partial charge in [-0.3, -0.25) is 0 Å². The Morgan fingerprint density at radius 3 is 2.57 bits per heavy atom. The first-order valence-electron chi connectivity index (χ1n) is 9.58. The monoisotopic (exact) mass is 441 g/mol. The van der Waals surface area contributed by atoms with Gasteiger partial charge in [0, 0.05) is 30.3 Å². The highest BCUT2D eigenvalue weighted by Crippen LogP contribution is 2.19. The molecule has 1 unspecified atom stereocenters. The van der Waals surface area contributed by atoms with Gasteiger partial charge in [-0.1, -0.05) is 18.2 Å². The average molecular weight is 442 g/mol. The normalized spacial score (nSPS) is 12.0. The third kappa shape index (κ3) is 9.10. The molecular weight excluding hydrogens is 410 g/mol. The summed E-state index contributed by atoms with van der Waals surface area (Å²) in [5, 5.41) is 21.3. The number of benzene rings is 1. The van der Waals surface area contributed by atoms with Gasteiger partial charge >= 0.3 is 0 Å². The molecule has 0 bridgehead atoms. The maximum Gasteiger partial charge on any atom is 0.233 e. The van der Waals surface area contributed by atoms with Crippen LogP contribution in [0, 0.1) is 0 Å². The van der Waals surface area contributed by atoms with E-state index in [1.165, 1.54) is 0 Å². The molecule has 10 heteroatoms. The van der Waals surface area contributed by atoms with Gasteiger partial charge in [-0.25, -0.2) is 5.84 Å². The number of nitrogens with one attached hydrogen (secondary N) is 2. The highest BCUT2D eigenvalue weighted by atomic mass is 35.5. The fourth-order valence-corrected chi connectivity index (χ4v) is 2.39. The number of hydrazine groups is 1. The zero-order valence-electron chi connectivity index (χ0n) is 17.6. The number of halogens is 1. The standard InChI is InChI=1S/C20H31N5O4.ClH/c1-4-27-12-15-7-5-6-8-17(15)28-13-16(26)11-22-20(2,3)14-29-19-10-9-18(23-21)24-25-19;/h5-10,16,22,26H,4,11-14,21H2,1-3H3,(H,23,24);1H. The Hall–Kier alpha value is -2.17. The number of nitrogen functional groups attached to an aromatic ring is 1. The summed E-state index contributed by atoms with van der Waals surface area (Å²) in [4.78, 5) is 0. The summed E-state index contributed by atoms with van der Waals surface area (Å²) in [6.45, 7) is 7.89. The first kappa shape index (κ1) is 25.9. The molecule has 5 N–H and O–H groups in total. The topological polar surface area (TPSA) is 124 Å². The maximum atomic E-state index is 10.3. The van der Waals surface area contributed by atoms with E-state index in [0.29, 0.717) is 38.1 Å². The average Bonchev–Trinajstić information content (AvgIpc) is 2.74. The van der Waals surface area contributed by atoms with Gasteiger partial charge in [0.1, 0.15) is 25.1 Å². The van der Waals surface area contributed by atoms with Crippen molar-refractivity contribution in [3.05, 3.63) is 42.0 Å². The molecule has 1 atom stereocenters. The van der Waals surface area contributed by atoms with Crippen molar-refractivity contribution in [2.45, 2.75) is 39.0 Å². The second-order valence-corrected chi connectivity index (χ2v) is 7.16. The van der Waals surface area contributed by atoms with E-state index in [1.54, 1.807) is 12.1 Å². The SMILES string of the molecule is CCOCc1ccccc1OCC(O)CNC(C)(C)COc1ccc(NN)nn1.Cl. The fraction of sp³-hybridized carbons (Fsp3) is 0.500. The molecule has 2 aromatic rings. The van der Waals surface area contributed by atoms with Crippen LogP contribution in [0.15, 0.2) is 36.4 Å². The number of aromatic nitrogens is 2.